The van der Waals surface area contributed by atoms with Gasteiger partial charge in [0.05, 0.1) is 12.2 Å². The number of rotatable bonds is 4. The fourth-order valence-electron chi connectivity index (χ4n) is 1.59. The van der Waals surface area contributed by atoms with E-state index in [0.717, 1.165) is 21.8 Å². The lowest BCUT2D eigenvalue weighted by molar-refractivity contribution is 0.282. The molecule has 90 valence electrons. The maximum atomic E-state index is 8.99. The minimum Gasteiger partial charge on any atom is -0.392 e. The van der Waals surface area contributed by atoms with Crippen LogP contribution in [0.15, 0.2) is 53.4 Å². The van der Waals surface area contributed by atoms with Crippen molar-refractivity contribution in [1.29, 1.82) is 5.26 Å². The van der Waals surface area contributed by atoms with Crippen LogP contribution in [0.3, 0.4) is 0 Å². The van der Waals surface area contributed by atoms with Crippen LogP contribution in [0, 0.1) is 11.3 Å². The molecule has 0 saturated carbocycles. The Kier molecular flexibility index (Phi) is 4.40. The molecule has 2 rings (SSSR count). The van der Waals surface area contributed by atoms with Gasteiger partial charge in [0.1, 0.15) is 6.07 Å². The van der Waals surface area contributed by atoms with Crippen LogP contribution in [0.25, 0.3) is 0 Å². The molecule has 0 aliphatic rings. The quantitative estimate of drug-likeness (QED) is 0.852. The SMILES string of the molecule is N#Cc1ccccc1SCc1ccc(CO)cc1. The van der Waals surface area contributed by atoms with Gasteiger partial charge < -0.3 is 5.11 Å². The molecule has 0 spiro atoms. The van der Waals surface area contributed by atoms with Gasteiger partial charge in [-0.2, -0.15) is 5.26 Å². The van der Waals surface area contributed by atoms with Crippen LogP contribution in [0.4, 0.5) is 0 Å². The first-order valence-electron chi connectivity index (χ1n) is 5.64. The molecule has 0 atom stereocenters. The molecule has 0 heterocycles. The van der Waals surface area contributed by atoms with Crippen molar-refractivity contribution < 1.29 is 5.11 Å². The van der Waals surface area contributed by atoms with E-state index >= 15 is 0 Å². The minimum atomic E-state index is 0.0741. The molecule has 0 saturated heterocycles. The number of thioether (sulfide) groups is 1. The third-order valence-electron chi connectivity index (χ3n) is 2.61. The Bertz CT molecular complexity index is 557. The molecule has 2 nitrogen and oxygen atoms in total. The summed E-state index contributed by atoms with van der Waals surface area (Å²) in [7, 11) is 0. The third kappa shape index (κ3) is 3.13. The predicted molar refractivity (Wildman–Crippen MR) is 73.1 cm³/mol. The summed E-state index contributed by atoms with van der Waals surface area (Å²) in [6.07, 6.45) is 0. The van der Waals surface area contributed by atoms with Gasteiger partial charge in [-0.3, -0.25) is 0 Å². The molecule has 18 heavy (non-hydrogen) atoms. The molecule has 3 heteroatoms. The second kappa shape index (κ2) is 6.25. The number of hydrogen-bond acceptors (Lipinski definition) is 3. The molecule has 0 bridgehead atoms. The van der Waals surface area contributed by atoms with Crippen molar-refractivity contribution in [2.45, 2.75) is 17.3 Å². The van der Waals surface area contributed by atoms with E-state index in [1.807, 2.05) is 48.5 Å². The number of benzene rings is 2. The zero-order chi connectivity index (χ0) is 12.8. The smallest absolute Gasteiger partial charge is 0.100 e. The van der Waals surface area contributed by atoms with Crippen molar-refractivity contribution in [1.82, 2.24) is 0 Å². The molecular formula is C15H13NOS. The van der Waals surface area contributed by atoms with E-state index in [1.54, 1.807) is 11.8 Å². The molecule has 0 radical (unpaired) electrons. The molecule has 0 unspecified atom stereocenters. The van der Waals surface area contributed by atoms with Crippen molar-refractivity contribution in [2.75, 3.05) is 0 Å². The van der Waals surface area contributed by atoms with E-state index < -0.39 is 0 Å². The number of nitriles is 1. The van der Waals surface area contributed by atoms with Crippen LogP contribution in [0.2, 0.25) is 0 Å². The van der Waals surface area contributed by atoms with Crippen molar-refractivity contribution in [2.24, 2.45) is 0 Å². The van der Waals surface area contributed by atoms with Crippen molar-refractivity contribution in [3.05, 3.63) is 65.2 Å². The summed E-state index contributed by atoms with van der Waals surface area (Å²) in [5, 5.41) is 18.0. The third-order valence-corrected chi connectivity index (χ3v) is 3.75. The van der Waals surface area contributed by atoms with E-state index in [1.165, 1.54) is 5.56 Å². The highest BCUT2D eigenvalue weighted by Crippen LogP contribution is 2.25. The highest BCUT2D eigenvalue weighted by atomic mass is 32.2. The lowest BCUT2D eigenvalue weighted by atomic mass is 10.2. The van der Waals surface area contributed by atoms with E-state index in [0.29, 0.717) is 0 Å². The molecule has 0 aromatic heterocycles. The van der Waals surface area contributed by atoms with E-state index in [9.17, 15) is 0 Å². The van der Waals surface area contributed by atoms with Gasteiger partial charge in [-0.25, -0.2) is 0 Å². The Morgan fingerprint density at radius 1 is 1.00 bits per heavy atom. The van der Waals surface area contributed by atoms with Gasteiger partial charge in [-0.1, -0.05) is 36.4 Å². The zero-order valence-corrected chi connectivity index (χ0v) is 10.7. The fraction of sp³-hybridized carbons (Fsp3) is 0.133. The standard InChI is InChI=1S/C15H13NOS/c16-9-14-3-1-2-4-15(14)18-11-13-7-5-12(10-17)6-8-13/h1-8,17H,10-11H2. The summed E-state index contributed by atoms with van der Waals surface area (Å²) in [5.74, 6) is 0.824. The Morgan fingerprint density at radius 3 is 2.33 bits per heavy atom. The maximum Gasteiger partial charge on any atom is 0.100 e. The normalized spacial score (nSPS) is 10.0. The van der Waals surface area contributed by atoms with Crippen LogP contribution in [-0.4, -0.2) is 5.11 Å². The van der Waals surface area contributed by atoms with E-state index in [4.69, 9.17) is 10.4 Å². The minimum absolute atomic E-state index is 0.0741. The Morgan fingerprint density at radius 2 is 1.67 bits per heavy atom. The van der Waals surface area contributed by atoms with Crippen LogP contribution in [0.1, 0.15) is 16.7 Å². The fourth-order valence-corrected chi connectivity index (χ4v) is 2.55. The van der Waals surface area contributed by atoms with Gasteiger partial charge >= 0.3 is 0 Å². The Hall–Kier alpha value is -1.76. The maximum absolute atomic E-state index is 8.99. The second-order valence-corrected chi connectivity index (χ2v) is 4.89. The first-order valence-corrected chi connectivity index (χ1v) is 6.62. The average molecular weight is 255 g/mol. The van der Waals surface area contributed by atoms with Gasteiger partial charge in [-0.15, -0.1) is 11.8 Å². The summed E-state index contributed by atoms with van der Waals surface area (Å²) < 4.78 is 0. The molecule has 0 aliphatic heterocycles. The summed E-state index contributed by atoms with van der Waals surface area (Å²) in [5.41, 5.74) is 2.82. The predicted octanol–water partition coefficient (Wildman–Crippen LogP) is 3.34. The summed E-state index contributed by atoms with van der Waals surface area (Å²) >= 11 is 1.65. The topological polar surface area (TPSA) is 44.0 Å². The van der Waals surface area contributed by atoms with Crippen LogP contribution < -0.4 is 0 Å². The second-order valence-electron chi connectivity index (χ2n) is 3.87. The highest BCUT2D eigenvalue weighted by Gasteiger charge is 2.02. The van der Waals surface area contributed by atoms with Crippen molar-refractivity contribution in [3.8, 4) is 6.07 Å². The summed E-state index contributed by atoms with van der Waals surface area (Å²) in [6.45, 7) is 0.0741. The lowest BCUT2D eigenvalue weighted by Crippen LogP contribution is -1.86. The molecule has 2 aromatic rings. The largest absolute Gasteiger partial charge is 0.392 e. The summed E-state index contributed by atoms with van der Waals surface area (Å²) in [6, 6.07) is 17.7. The molecule has 1 N–H and O–H groups in total. The van der Waals surface area contributed by atoms with Crippen LogP contribution in [0.5, 0.6) is 0 Å². The van der Waals surface area contributed by atoms with Crippen LogP contribution >= 0.6 is 11.8 Å². The van der Waals surface area contributed by atoms with E-state index in [2.05, 4.69) is 6.07 Å². The van der Waals surface area contributed by atoms with Gasteiger partial charge in [0.25, 0.3) is 0 Å². The average Bonchev–Trinajstić information content (AvgIpc) is 2.46. The number of aliphatic hydroxyl groups is 1. The van der Waals surface area contributed by atoms with Crippen LogP contribution in [-0.2, 0) is 12.4 Å². The number of aliphatic hydroxyl groups excluding tert-OH is 1. The highest BCUT2D eigenvalue weighted by molar-refractivity contribution is 7.98. The monoisotopic (exact) mass is 255 g/mol. The molecule has 0 aliphatic carbocycles. The van der Waals surface area contributed by atoms with Gasteiger partial charge in [0, 0.05) is 10.6 Å². The Labute approximate surface area is 111 Å². The molecule has 2 aromatic carbocycles. The first kappa shape index (κ1) is 12.7. The van der Waals surface area contributed by atoms with Crippen molar-refractivity contribution >= 4 is 11.8 Å². The Balaban J connectivity index is 2.05. The number of hydrogen-bond donors (Lipinski definition) is 1. The number of nitrogens with zero attached hydrogens (tertiary/aromatic N) is 1. The van der Waals surface area contributed by atoms with Gasteiger partial charge in [0.15, 0.2) is 0 Å². The van der Waals surface area contributed by atoms with Gasteiger partial charge in [0.2, 0.25) is 0 Å². The molecule has 0 amide bonds. The zero-order valence-electron chi connectivity index (χ0n) is 9.84. The lowest BCUT2D eigenvalue weighted by Gasteiger charge is -2.04. The first-order chi connectivity index (χ1) is 8.83. The molecular weight excluding hydrogens is 242 g/mol. The van der Waals surface area contributed by atoms with E-state index in [-0.39, 0.29) is 6.61 Å². The van der Waals surface area contributed by atoms with Crippen molar-refractivity contribution in [3.63, 3.8) is 0 Å². The summed E-state index contributed by atoms with van der Waals surface area (Å²) in [4.78, 5) is 1.01. The molecule has 0 fully saturated rings. The van der Waals surface area contributed by atoms with Gasteiger partial charge in [-0.05, 0) is 23.3 Å².